The number of carbonyl (C=O) groups excluding carboxylic acids is 1. The first kappa shape index (κ1) is 12.2. The zero-order chi connectivity index (χ0) is 9.94. The molecule has 0 N–H and O–H groups in total. The zero-order valence-corrected chi connectivity index (χ0v) is 8.59. The van der Waals surface area contributed by atoms with Gasteiger partial charge in [-0.2, -0.15) is 0 Å². The van der Waals surface area contributed by atoms with E-state index >= 15 is 0 Å². The van der Waals surface area contributed by atoms with E-state index in [9.17, 15) is 4.79 Å². The third-order valence-electron chi connectivity index (χ3n) is 1.31. The number of allylic oxidation sites excluding steroid dienone is 3. The number of halogens is 1. The number of carbonyl (C=O) groups is 1. The van der Waals surface area contributed by atoms with Gasteiger partial charge in [-0.25, -0.2) is 4.79 Å². The number of esters is 1. The van der Waals surface area contributed by atoms with Crippen molar-refractivity contribution >= 4 is 17.6 Å². The molecule has 0 rings (SSSR count). The third kappa shape index (κ3) is 9.15. The van der Waals surface area contributed by atoms with Gasteiger partial charge >= 0.3 is 5.97 Å². The Morgan fingerprint density at radius 3 is 2.77 bits per heavy atom. The molecule has 0 aromatic carbocycles. The van der Waals surface area contributed by atoms with Gasteiger partial charge in [-0.1, -0.05) is 18.2 Å². The molecule has 0 spiro atoms. The van der Waals surface area contributed by atoms with Crippen LogP contribution in [0, 0.1) is 0 Å². The molecule has 0 saturated heterocycles. The maximum Gasteiger partial charge on any atom is 0.330 e. The van der Waals surface area contributed by atoms with Gasteiger partial charge in [0.25, 0.3) is 0 Å². The molecule has 0 heterocycles. The Morgan fingerprint density at radius 2 is 2.15 bits per heavy atom. The van der Waals surface area contributed by atoms with E-state index in [4.69, 9.17) is 16.3 Å². The van der Waals surface area contributed by atoms with Crippen LogP contribution in [0.4, 0.5) is 0 Å². The van der Waals surface area contributed by atoms with Crippen molar-refractivity contribution in [1.82, 2.24) is 0 Å². The van der Waals surface area contributed by atoms with Crippen LogP contribution >= 0.6 is 11.6 Å². The minimum absolute atomic E-state index is 0.298. The van der Waals surface area contributed by atoms with E-state index in [1.807, 2.05) is 13.0 Å². The molecule has 74 valence electrons. The molecule has 0 radical (unpaired) electrons. The molecular formula is C10H15ClO2. The number of unbranched alkanes of at least 4 members (excludes halogenated alkanes) is 1. The molecule has 0 atom stereocenters. The first-order chi connectivity index (χ1) is 6.31. The van der Waals surface area contributed by atoms with Crippen molar-refractivity contribution in [1.29, 1.82) is 0 Å². The standard InChI is InChI=1S/C10H15ClO2/c1-2-3-4-7-10(12)13-9-6-5-8-11/h2-4,7H,5-6,8-9H2,1H3. The van der Waals surface area contributed by atoms with E-state index in [1.54, 1.807) is 12.2 Å². The molecular weight excluding hydrogens is 188 g/mol. The van der Waals surface area contributed by atoms with Crippen molar-refractivity contribution in [3.63, 3.8) is 0 Å². The predicted molar refractivity (Wildman–Crippen MR) is 54.9 cm³/mol. The maximum atomic E-state index is 10.9. The van der Waals surface area contributed by atoms with Gasteiger partial charge in [0.1, 0.15) is 0 Å². The summed E-state index contributed by atoms with van der Waals surface area (Å²) < 4.78 is 4.87. The van der Waals surface area contributed by atoms with Gasteiger partial charge in [0.15, 0.2) is 0 Å². The SMILES string of the molecule is CC=CC=CC(=O)OCCCCCl. The lowest BCUT2D eigenvalue weighted by Crippen LogP contribution is -2.02. The van der Waals surface area contributed by atoms with E-state index < -0.39 is 0 Å². The Bertz CT molecular complexity index is 185. The summed E-state index contributed by atoms with van der Waals surface area (Å²) in [5.41, 5.74) is 0. The van der Waals surface area contributed by atoms with Crippen molar-refractivity contribution in [2.45, 2.75) is 19.8 Å². The van der Waals surface area contributed by atoms with E-state index in [2.05, 4.69) is 0 Å². The highest BCUT2D eigenvalue weighted by molar-refractivity contribution is 6.17. The minimum atomic E-state index is -0.298. The summed E-state index contributed by atoms with van der Waals surface area (Å²) in [7, 11) is 0. The highest BCUT2D eigenvalue weighted by atomic mass is 35.5. The van der Waals surface area contributed by atoms with Crippen molar-refractivity contribution < 1.29 is 9.53 Å². The minimum Gasteiger partial charge on any atom is -0.463 e. The van der Waals surface area contributed by atoms with E-state index in [-0.39, 0.29) is 5.97 Å². The number of ether oxygens (including phenoxy) is 1. The van der Waals surface area contributed by atoms with Gasteiger partial charge in [-0.3, -0.25) is 0 Å². The highest BCUT2D eigenvalue weighted by Gasteiger charge is 1.94. The fraction of sp³-hybridized carbons (Fsp3) is 0.500. The van der Waals surface area contributed by atoms with Gasteiger partial charge in [0.05, 0.1) is 6.61 Å². The Kier molecular flexibility index (Phi) is 8.78. The van der Waals surface area contributed by atoms with Crippen LogP contribution < -0.4 is 0 Å². The van der Waals surface area contributed by atoms with Crippen LogP contribution in [0.15, 0.2) is 24.3 Å². The van der Waals surface area contributed by atoms with Gasteiger partial charge in [0, 0.05) is 12.0 Å². The number of hydrogen-bond donors (Lipinski definition) is 0. The predicted octanol–water partition coefficient (Wildman–Crippen LogP) is 2.68. The van der Waals surface area contributed by atoms with Crippen LogP contribution in [0.1, 0.15) is 19.8 Å². The van der Waals surface area contributed by atoms with Crippen molar-refractivity contribution in [2.75, 3.05) is 12.5 Å². The molecule has 0 aliphatic carbocycles. The van der Waals surface area contributed by atoms with Crippen LogP contribution in [-0.2, 0) is 9.53 Å². The Hall–Kier alpha value is -0.760. The van der Waals surface area contributed by atoms with Crippen LogP contribution in [0.3, 0.4) is 0 Å². The summed E-state index contributed by atoms with van der Waals surface area (Å²) >= 11 is 5.46. The fourth-order valence-electron chi connectivity index (χ4n) is 0.663. The summed E-state index contributed by atoms with van der Waals surface area (Å²) in [4.78, 5) is 10.9. The first-order valence-electron chi connectivity index (χ1n) is 4.33. The van der Waals surface area contributed by atoms with Crippen molar-refractivity contribution in [2.24, 2.45) is 0 Å². The summed E-state index contributed by atoms with van der Waals surface area (Å²) in [5, 5.41) is 0. The molecule has 0 saturated carbocycles. The Morgan fingerprint density at radius 1 is 1.38 bits per heavy atom. The largest absolute Gasteiger partial charge is 0.463 e. The summed E-state index contributed by atoms with van der Waals surface area (Å²) in [6, 6.07) is 0. The lowest BCUT2D eigenvalue weighted by Gasteiger charge is -1.98. The lowest BCUT2D eigenvalue weighted by atomic mass is 10.3. The van der Waals surface area contributed by atoms with Crippen LogP contribution in [0.2, 0.25) is 0 Å². The zero-order valence-electron chi connectivity index (χ0n) is 7.83. The normalized spacial score (nSPS) is 11.2. The number of alkyl halides is 1. The van der Waals surface area contributed by atoms with E-state index in [1.165, 1.54) is 6.08 Å². The lowest BCUT2D eigenvalue weighted by molar-refractivity contribution is -0.137. The second kappa shape index (κ2) is 9.33. The van der Waals surface area contributed by atoms with Crippen LogP contribution in [0.25, 0.3) is 0 Å². The molecule has 3 heteroatoms. The van der Waals surface area contributed by atoms with Gasteiger partial charge in [0.2, 0.25) is 0 Å². The molecule has 0 aromatic rings. The quantitative estimate of drug-likeness (QED) is 0.218. The van der Waals surface area contributed by atoms with Crippen molar-refractivity contribution in [3.8, 4) is 0 Å². The summed E-state index contributed by atoms with van der Waals surface area (Å²) in [6.45, 7) is 2.34. The Balaban J connectivity index is 3.40. The molecule has 0 amide bonds. The molecule has 0 fully saturated rings. The molecule has 0 aromatic heterocycles. The molecule has 13 heavy (non-hydrogen) atoms. The van der Waals surface area contributed by atoms with Crippen LogP contribution in [0.5, 0.6) is 0 Å². The maximum absolute atomic E-state index is 10.9. The topological polar surface area (TPSA) is 26.3 Å². The van der Waals surface area contributed by atoms with Gasteiger partial charge < -0.3 is 4.74 Å². The Labute approximate surface area is 84.2 Å². The van der Waals surface area contributed by atoms with E-state index in [0.29, 0.717) is 12.5 Å². The molecule has 0 aliphatic rings. The van der Waals surface area contributed by atoms with E-state index in [0.717, 1.165) is 12.8 Å². The molecule has 0 aliphatic heterocycles. The summed E-state index contributed by atoms with van der Waals surface area (Å²) in [6.07, 6.45) is 8.39. The molecule has 2 nitrogen and oxygen atoms in total. The average molecular weight is 203 g/mol. The second-order valence-electron chi connectivity index (χ2n) is 2.45. The number of hydrogen-bond acceptors (Lipinski definition) is 2. The van der Waals surface area contributed by atoms with Gasteiger partial charge in [-0.05, 0) is 19.8 Å². The fourth-order valence-corrected chi connectivity index (χ4v) is 0.852. The van der Waals surface area contributed by atoms with Crippen molar-refractivity contribution in [3.05, 3.63) is 24.3 Å². The smallest absolute Gasteiger partial charge is 0.330 e. The second-order valence-corrected chi connectivity index (χ2v) is 2.83. The highest BCUT2D eigenvalue weighted by Crippen LogP contribution is 1.93. The molecule has 0 bridgehead atoms. The average Bonchev–Trinajstić information content (AvgIpc) is 2.13. The molecule has 0 unspecified atom stereocenters. The first-order valence-corrected chi connectivity index (χ1v) is 4.86. The summed E-state index contributed by atoms with van der Waals surface area (Å²) in [5.74, 6) is 0.319. The monoisotopic (exact) mass is 202 g/mol. The third-order valence-corrected chi connectivity index (χ3v) is 1.58. The van der Waals surface area contributed by atoms with Crippen LogP contribution in [-0.4, -0.2) is 18.5 Å². The number of rotatable bonds is 6. The van der Waals surface area contributed by atoms with Gasteiger partial charge in [-0.15, -0.1) is 11.6 Å².